The summed E-state index contributed by atoms with van der Waals surface area (Å²) in [5.41, 5.74) is 2.31. The molecule has 1 aromatic rings. The zero-order valence-corrected chi connectivity index (χ0v) is 16.9. The second kappa shape index (κ2) is 9.10. The molecule has 0 atom stereocenters. The number of aryl methyl sites for hydroxylation is 2. The number of urea groups is 1. The van der Waals surface area contributed by atoms with E-state index in [0.29, 0.717) is 6.04 Å². The highest BCUT2D eigenvalue weighted by Gasteiger charge is 2.26. The summed E-state index contributed by atoms with van der Waals surface area (Å²) in [7, 11) is 0. The number of hydrogen-bond acceptors (Lipinski definition) is 3. The molecule has 3 aliphatic carbocycles. The largest absolute Gasteiger partial charge is 0.335 e. The molecular formula is C22H34N4O2. The van der Waals surface area contributed by atoms with E-state index in [1.165, 1.54) is 32.1 Å². The molecule has 2 saturated carbocycles. The molecule has 28 heavy (non-hydrogen) atoms. The molecule has 0 saturated heterocycles. The first-order valence-corrected chi connectivity index (χ1v) is 11.4. The van der Waals surface area contributed by atoms with E-state index in [4.69, 9.17) is 5.10 Å². The minimum atomic E-state index is -0.0144. The minimum Gasteiger partial charge on any atom is -0.335 e. The predicted octanol–water partition coefficient (Wildman–Crippen LogP) is 3.63. The van der Waals surface area contributed by atoms with Gasteiger partial charge in [0, 0.05) is 18.2 Å². The summed E-state index contributed by atoms with van der Waals surface area (Å²) in [6.07, 6.45) is 15.2. The number of amides is 2. The normalized spacial score (nSPS) is 26.1. The van der Waals surface area contributed by atoms with E-state index in [0.717, 1.165) is 69.0 Å². The Morgan fingerprint density at radius 2 is 1.50 bits per heavy atom. The van der Waals surface area contributed by atoms with Crippen molar-refractivity contribution in [2.75, 3.05) is 0 Å². The summed E-state index contributed by atoms with van der Waals surface area (Å²) < 4.78 is 1.73. The molecule has 154 valence electrons. The van der Waals surface area contributed by atoms with Crippen LogP contribution in [0.1, 0.15) is 94.3 Å². The second-order valence-corrected chi connectivity index (χ2v) is 8.92. The molecule has 0 spiro atoms. The average Bonchev–Trinajstić information content (AvgIpc) is 2.97. The first-order valence-electron chi connectivity index (χ1n) is 11.4. The van der Waals surface area contributed by atoms with Gasteiger partial charge in [0.1, 0.15) is 0 Å². The van der Waals surface area contributed by atoms with Crippen molar-refractivity contribution in [2.24, 2.45) is 0 Å². The van der Waals surface area contributed by atoms with Crippen molar-refractivity contribution in [1.29, 1.82) is 0 Å². The van der Waals surface area contributed by atoms with Crippen LogP contribution in [0.3, 0.4) is 0 Å². The lowest BCUT2D eigenvalue weighted by molar-refractivity contribution is 0.219. The maximum absolute atomic E-state index is 12.5. The third-order valence-electron chi connectivity index (χ3n) is 6.80. The Morgan fingerprint density at radius 3 is 2.21 bits per heavy atom. The molecule has 2 fully saturated rings. The maximum Gasteiger partial charge on any atom is 0.315 e. The van der Waals surface area contributed by atoms with E-state index in [9.17, 15) is 9.59 Å². The Labute approximate surface area is 167 Å². The fraction of sp³-hybridized carbons (Fsp3) is 0.773. The van der Waals surface area contributed by atoms with Crippen LogP contribution >= 0.6 is 0 Å². The number of carbonyl (C=O) groups is 1. The first kappa shape index (κ1) is 19.5. The van der Waals surface area contributed by atoms with Crippen LogP contribution in [0, 0.1) is 0 Å². The van der Waals surface area contributed by atoms with Crippen LogP contribution in [-0.2, 0) is 12.8 Å². The fourth-order valence-electron chi connectivity index (χ4n) is 5.14. The van der Waals surface area contributed by atoms with Gasteiger partial charge in [0.05, 0.1) is 11.7 Å². The molecule has 6 heteroatoms. The molecular weight excluding hydrogens is 352 g/mol. The van der Waals surface area contributed by atoms with Gasteiger partial charge < -0.3 is 10.6 Å². The molecule has 0 bridgehead atoms. The molecule has 0 aliphatic heterocycles. The lowest BCUT2D eigenvalue weighted by Gasteiger charge is -2.30. The van der Waals surface area contributed by atoms with Gasteiger partial charge in [-0.3, -0.25) is 4.79 Å². The van der Waals surface area contributed by atoms with Crippen molar-refractivity contribution < 1.29 is 4.79 Å². The van der Waals surface area contributed by atoms with Gasteiger partial charge in [-0.05, 0) is 69.8 Å². The molecule has 1 heterocycles. The van der Waals surface area contributed by atoms with E-state index in [1.54, 1.807) is 4.68 Å². The number of nitrogens with zero attached hydrogens (tertiary/aromatic N) is 2. The average molecular weight is 387 g/mol. The number of aromatic nitrogens is 2. The summed E-state index contributed by atoms with van der Waals surface area (Å²) in [4.78, 5) is 24.9. The van der Waals surface area contributed by atoms with Crippen LogP contribution in [0.15, 0.2) is 10.9 Å². The Balaban J connectivity index is 1.29. The Morgan fingerprint density at radius 1 is 0.857 bits per heavy atom. The van der Waals surface area contributed by atoms with Gasteiger partial charge in [0.25, 0.3) is 5.56 Å². The summed E-state index contributed by atoms with van der Waals surface area (Å²) in [6, 6.07) is 2.50. The minimum absolute atomic E-state index is 0.0144. The van der Waals surface area contributed by atoms with Crippen LogP contribution in [0.5, 0.6) is 0 Å². The smallest absolute Gasteiger partial charge is 0.315 e. The van der Waals surface area contributed by atoms with Gasteiger partial charge in [-0.1, -0.05) is 25.7 Å². The Kier molecular flexibility index (Phi) is 6.33. The van der Waals surface area contributed by atoms with Crippen molar-refractivity contribution in [3.05, 3.63) is 27.7 Å². The highest BCUT2D eigenvalue weighted by Crippen LogP contribution is 2.28. The molecule has 0 aromatic carbocycles. The van der Waals surface area contributed by atoms with Crippen LogP contribution in [0.25, 0.3) is 0 Å². The standard InChI is InChI=1S/C22H34N4O2/c27-21-15-16-7-5-6-10-20(16)25-26(21)19-13-11-18(12-14-19)24-22(28)23-17-8-3-1-2-4-9-17/h15,17-19H,1-14H2,(H2,23,24,28). The second-order valence-electron chi connectivity index (χ2n) is 8.92. The SMILES string of the molecule is O=C(NC1CCCCCC1)NC1CCC(n2nc3c(cc2=O)CCCC3)CC1. The highest BCUT2D eigenvalue weighted by atomic mass is 16.2. The molecule has 2 amide bonds. The van der Waals surface area contributed by atoms with Crippen molar-refractivity contribution in [3.63, 3.8) is 0 Å². The Bertz CT molecular complexity index is 729. The van der Waals surface area contributed by atoms with Gasteiger partial charge in [0.15, 0.2) is 0 Å². The molecule has 1 aromatic heterocycles. The summed E-state index contributed by atoms with van der Waals surface area (Å²) >= 11 is 0. The molecule has 6 nitrogen and oxygen atoms in total. The Hall–Kier alpha value is -1.85. The molecule has 4 rings (SSSR count). The van der Waals surface area contributed by atoms with Gasteiger partial charge >= 0.3 is 6.03 Å². The fourth-order valence-corrected chi connectivity index (χ4v) is 5.14. The third-order valence-corrected chi connectivity index (χ3v) is 6.80. The van der Waals surface area contributed by atoms with Crippen LogP contribution < -0.4 is 16.2 Å². The zero-order chi connectivity index (χ0) is 19.3. The molecule has 3 aliphatic rings. The number of rotatable bonds is 3. The van der Waals surface area contributed by atoms with Crippen molar-refractivity contribution in [3.8, 4) is 0 Å². The molecule has 0 unspecified atom stereocenters. The van der Waals surface area contributed by atoms with Gasteiger partial charge in [0.2, 0.25) is 0 Å². The monoisotopic (exact) mass is 386 g/mol. The number of carbonyl (C=O) groups excluding carboxylic acids is 1. The summed E-state index contributed by atoms with van der Waals surface area (Å²) in [5.74, 6) is 0. The maximum atomic E-state index is 12.5. The summed E-state index contributed by atoms with van der Waals surface area (Å²) in [6.45, 7) is 0. The van der Waals surface area contributed by atoms with Crippen LogP contribution in [-0.4, -0.2) is 27.9 Å². The van der Waals surface area contributed by atoms with E-state index in [1.807, 2.05) is 6.07 Å². The van der Waals surface area contributed by atoms with Gasteiger partial charge in [-0.2, -0.15) is 5.10 Å². The van der Waals surface area contributed by atoms with E-state index >= 15 is 0 Å². The highest BCUT2D eigenvalue weighted by molar-refractivity contribution is 5.74. The van der Waals surface area contributed by atoms with Crippen LogP contribution in [0.4, 0.5) is 4.79 Å². The zero-order valence-electron chi connectivity index (χ0n) is 16.9. The lowest BCUT2D eigenvalue weighted by atomic mass is 9.91. The first-order chi connectivity index (χ1) is 13.7. The molecule has 2 N–H and O–H groups in total. The van der Waals surface area contributed by atoms with E-state index < -0.39 is 0 Å². The third kappa shape index (κ3) is 4.76. The van der Waals surface area contributed by atoms with Crippen molar-refractivity contribution in [1.82, 2.24) is 20.4 Å². The van der Waals surface area contributed by atoms with Crippen molar-refractivity contribution in [2.45, 2.75) is 108 Å². The number of nitrogens with one attached hydrogen (secondary N) is 2. The predicted molar refractivity (Wildman–Crippen MR) is 110 cm³/mol. The lowest BCUT2D eigenvalue weighted by Crippen LogP contribution is -2.47. The summed E-state index contributed by atoms with van der Waals surface area (Å²) in [5, 5.41) is 11.1. The van der Waals surface area contributed by atoms with Crippen LogP contribution in [0.2, 0.25) is 0 Å². The van der Waals surface area contributed by atoms with Gasteiger partial charge in [-0.25, -0.2) is 9.48 Å². The molecule has 0 radical (unpaired) electrons. The quantitative estimate of drug-likeness (QED) is 0.779. The van der Waals surface area contributed by atoms with E-state index in [-0.39, 0.29) is 23.7 Å². The topological polar surface area (TPSA) is 76.0 Å². The van der Waals surface area contributed by atoms with E-state index in [2.05, 4.69) is 10.6 Å². The van der Waals surface area contributed by atoms with Gasteiger partial charge in [-0.15, -0.1) is 0 Å². The van der Waals surface area contributed by atoms with Crippen molar-refractivity contribution >= 4 is 6.03 Å². The number of fused-ring (bicyclic) bond motifs is 1. The number of hydrogen-bond donors (Lipinski definition) is 2.